The fourth-order valence-electron chi connectivity index (χ4n) is 6.90. The molecule has 0 aromatic carbocycles. The Balaban J connectivity index is 1.17. The normalized spacial score (nSPS) is 21.4. The maximum Gasteiger partial charge on any atom is 0.352 e. The summed E-state index contributed by atoms with van der Waals surface area (Å²) in [6.45, 7) is 3.37. The van der Waals surface area contributed by atoms with Gasteiger partial charge in [0.05, 0.1) is 38.8 Å². The number of quaternary nitrogens is 1. The molecule has 2 aromatic rings. The first-order valence-electron chi connectivity index (χ1n) is 16.4. The van der Waals surface area contributed by atoms with Crippen LogP contribution < -0.4 is 16.5 Å². The number of aliphatic carboxylic acids is 3. The van der Waals surface area contributed by atoms with Crippen LogP contribution in [-0.4, -0.2) is 148 Å². The van der Waals surface area contributed by atoms with Crippen LogP contribution >= 0.6 is 23.1 Å². The number of hydrogen-bond donors (Lipinski definition) is 6. The zero-order valence-electron chi connectivity index (χ0n) is 27.9. The van der Waals surface area contributed by atoms with Crippen LogP contribution in [0.15, 0.2) is 38.9 Å². The van der Waals surface area contributed by atoms with Gasteiger partial charge in [-0.1, -0.05) is 5.16 Å². The number of oxime groups is 1. The van der Waals surface area contributed by atoms with Crippen LogP contribution in [0.4, 0.5) is 5.13 Å². The van der Waals surface area contributed by atoms with Gasteiger partial charge in [0.15, 0.2) is 16.6 Å². The van der Waals surface area contributed by atoms with E-state index in [1.807, 2.05) is 0 Å². The number of carboxylic acids is 3. The summed E-state index contributed by atoms with van der Waals surface area (Å²) < 4.78 is 2.03. The second kappa shape index (κ2) is 14.9. The Labute approximate surface area is 307 Å². The van der Waals surface area contributed by atoms with Gasteiger partial charge in [-0.2, -0.15) is 0 Å². The number of nitrogen functional groups attached to an aromatic ring is 1. The van der Waals surface area contributed by atoms with Crippen LogP contribution in [0.2, 0.25) is 0 Å². The molecule has 2 aromatic heterocycles. The van der Waals surface area contributed by atoms with Crippen molar-refractivity contribution in [3.05, 3.63) is 50.5 Å². The largest absolute Gasteiger partial charge is 0.503 e. The van der Waals surface area contributed by atoms with Gasteiger partial charge in [0.25, 0.3) is 17.7 Å². The topological polar surface area (TPSA) is 284 Å². The van der Waals surface area contributed by atoms with E-state index in [1.54, 1.807) is 9.47 Å². The van der Waals surface area contributed by atoms with Crippen LogP contribution in [0.3, 0.4) is 0 Å². The number of β-lactam (4-membered cyclic amide) rings is 1. The minimum atomic E-state index is -1.94. The summed E-state index contributed by atoms with van der Waals surface area (Å²) >= 11 is 2.19. The van der Waals surface area contributed by atoms with Gasteiger partial charge >= 0.3 is 17.9 Å². The van der Waals surface area contributed by atoms with E-state index < -0.39 is 70.6 Å². The quantitative estimate of drug-likeness (QED) is 0.0566. The number of carbonyl (C=O) groups excluding carboxylic acids is 3. The average molecular weight is 776 g/mol. The number of pyridine rings is 1. The van der Waals surface area contributed by atoms with Crippen molar-refractivity contribution in [1.29, 1.82) is 0 Å². The molecule has 2 saturated heterocycles. The number of aromatic hydroxyl groups is 1. The van der Waals surface area contributed by atoms with Crippen LogP contribution in [0.1, 0.15) is 35.4 Å². The first kappa shape index (κ1) is 37.3. The zero-order valence-corrected chi connectivity index (χ0v) is 29.5. The highest BCUT2D eigenvalue weighted by Crippen LogP contribution is 2.41. The van der Waals surface area contributed by atoms with Crippen molar-refractivity contribution in [3.8, 4) is 5.75 Å². The van der Waals surface area contributed by atoms with Crippen LogP contribution in [0.5, 0.6) is 5.75 Å². The SMILES string of the molecule is Nc1nc(/C(=N/O[C@@H](CC(=O)O)C(=O)O)C(=O)N[C@@H]2C(=O)N3C(C(=O)O)=C(C[N+]4(CCN5CCn6cc(O)c(=O)cc6C5=O)CCCC4)CS[C@H]23)cs1. The number of carbonyl (C=O) groups is 6. The van der Waals surface area contributed by atoms with Gasteiger partial charge in [-0.05, 0) is 0 Å². The first-order valence-corrected chi connectivity index (χ1v) is 18.3. The number of rotatable bonds is 14. The van der Waals surface area contributed by atoms with Crippen molar-refractivity contribution in [1.82, 2.24) is 24.7 Å². The van der Waals surface area contributed by atoms with Gasteiger partial charge in [0.2, 0.25) is 11.5 Å². The van der Waals surface area contributed by atoms with Crippen LogP contribution in [-0.2, 0) is 35.4 Å². The molecule has 3 amide bonds. The number of thiazole rings is 1. The molecule has 0 unspecified atom stereocenters. The Morgan fingerprint density at radius 3 is 2.51 bits per heavy atom. The Bertz CT molecular complexity index is 2000. The second-order valence-electron chi connectivity index (χ2n) is 12.9. The van der Waals surface area contributed by atoms with E-state index in [-0.39, 0.29) is 33.9 Å². The molecule has 22 heteroatoms. The predicted octanol–water partition coefficient (Wildman–Crippen LogP) is -1.25. The van der Waals surface area contributed by atoms with Gasteiger partial charge in [-0.25, -0.2) is 14.6 Å². The number of carboxylic acid groups (broad SMARTS) is 3. The average Bonchev–Trinajstić information content (AvgIpc) is 3.75. The molecular weight excluding hydrogens is 741 g/mol. The number of nitrogens with one attached hydrogen (secondary N) is 1. The van der Waals surface area contributed by atoms with Crippen LogP contribution in [0.25, 0.3) is 0 Å². The lowest BCUT2D eigenvalue weighted by Crippen LogP contribution is -2.71. The molecule has 2 fully saturated rings. The number of nitrogens with two attached hydrogens (primary N) is 1. The molecule has 53 heavy (non-hydrogen) atoms. The van der Waals surface area contributed by atoms with Crippen LogP contribution in [0, 0.1) is 0 Å². The lowest BCUT2D eigenvalue weighted by Gasteiger charge is -2.50. The van der Waals surface area contributed by atoms with E-state index in [0.717, 1.165) is 48.2 Å². The third-order valence-corrected chi connectivity index (χ3v) is 11.5. The van der Waals surface area contributed by atoms with E-state index >= 15 is 0 Å². The molecule has 3 atom stereocenters. The fraction of sp³-hybridized carbons (Fsp3) is 0.452. The highest BCUT2D eigenvalue weighted by molar-refractivity contribution is 8.00. The molecule has 6 rings (SSSR count). The molecule has 4 aliphatic rings. The molecule has 0 aliphatic carbocycles. The lowest BCUT2D eigenvalue weighted by molar-refractivity contribution is -0.911. The number of aromatic nitrogens is 2. The fourth-order valence-corrected chi connectivity index (χ4v) is 8.78. The standard InChI is InChI=1S/C31H34N8O12S2/c32-31-33-16(14-53-31)22(35-51-20(29(47)48)10-21(42)43)25(44)34-23-27(46)38-24(30(49)50)15(13-52-28(23)38)12-39(6-1-2-7-39)8-5-36-3-4-37-11-19(41)18(40)9-17(37)26(36)45/h9,11,14,20,23,28H,1-8,10,12-13H2,(H6-,32,33,34,41,42,43,44,47,48,49,50)/p+1/b35-22-/t20-,23+,28+/m0/s1. The van der Waals surface area contributed by atoms with Gasteiger partial charge < -0.3 is 50.3 Å². The molecular formula is C31H35N8O12S2+. The number of nitrogens with zero attached hydrogens (tertiary/aromatic N) is 6. The van der Waals surface area contributed by atoms with Gasteiger partial charge in [0, 0.05) is 48.7 Å². The van der Waals surface area contributed by atoms with E-state index in [4.69, 9.17) is 15.7 Å². The van der Waals surface area contributed by atoms with Crippen molar-refractivity contribution in [2.45, 2.75) is 43.3 Å². The molecule has 4 aliphatic heterocycles. The van der Waals surface area contributed by atoms with Crippen molar-refractivity contribution in [3.63, 3.8) is 0 Å². The zero-order chi connectivity index (χ0) is 38.2. The molecule has 0 radical (unpaired) electrons. The van der Waals surface area contributed by atoms with Gasteiger partial charge in [-0.15, -0.1) is 23.1 Å². The number of fused-ring (bicyclic) bond motifs is 2. The van der Waals surface area contributed by atoms with E-state index in [9.17, 15) is 48.9 Å². The minimum absolute atomic E-state index is 0.0302. The van der Waals surface area contributed by atoms with Gasteiger partial charge in [0.1, 0.15) is 35.0 Å². The number of likely N-dealkylation sites (tertiary alicyclic amines) is 1. The smallest absolute Gasteiger partial charge is 0.352 e. The summed E-state index contributed by atoms with van der Waals surface area (Å²) in [5.74, 6) is -6.72. The highest BCUT2D eigenvalue weighted by atomic mass is 32.2. The molecule has 0 saturated carbocycles. The predicted molar refractivity (Wildman–Crippen MR) is 185 cm³/mol. The molecule has 0 bridgehead atoms. The number of thioether (sulfide) groups is 1. The number of hydrogen-bond acceptors (Lipinski definition) is 14. The van der Waals surface area contributed by atoms with Crippen molar-refractivity contribution in [2.24, 2.45) is 5.16 Å². The second-order valence-corrected chi connectivity index (χ2v) is 14.9. The van der Waals surface area contributed by atoms with Crippen molar-refractivity contribution >= 4 is 69.6 Å². The van der Waals surface area contributed by atoms with Crippen molar-refractivity contribution in [2.75, 3.05) is 50.8 Å². The first-order chi connectivity index (χ1) is 25.2. The number of anilines is 1. The summed E-state index contributed by atoms with van der Waals surface area (Å²) in [4.78, 5) is 99.1. The van der Waals surface area contributed by atoms with Crippen molar-refractivity contribution < 1.29 is 58.5 Å². The molecule has 282 valence electrons. The van der Waals surface area contributed by atoms with Gasteiger partial charge in [-0.3, -0.25) is 28.9 Å². The molecule has 7 N–H and O–H groups in total. The number of amides is 3. The summed E-state index contributed by atoms with van der Waals surface area (Å²) in [6, 6.07) is -0.0760. The van der Waals surface area contributed by atoms with E-state index in [1.165, 1.54) is 23.3 Å². The Kier molecular flexibility index (Phi) is 10.5. The summed E-state index contributed by atoms with van der Waals surface area (Å²) in [7, 11) is 0. The Morgan fingerprint density at radius 2 is 1.87 bits per heavy atom. The van der Waals surface area contributed by atoms with E-state index in [2.05, 4.69) is 15.5 Å². The lowest BCUT2D eigenvalue weighted by atomic mass is 10.0. The molecule has 20 nitrogen and oxygen atoms in total. The highest BCUT2D eigenvalue weighted by Gasteiger charge is 2.55. The summed E-state index contributed by atoms with van der Waals surface area (Å²) in [5, 5.41) is 45.1. The Morgan fingerprint density at radius 1 is 1.13 bits per heavy atom. The van der Waals surface area contributed by atoms with E-state index in [0.29, 0.717) is 42.8 Å². The summed E-state index contributed by atoms with van der Waals surface area (Å²) in [5.41, 5.74) is 4.88. The molecule has 0 spiro atoms. The minimum Gasteiger partial charge on any atom is -0.503 e. The monoisotopic (exact) mass is 775 g/mol. The summed E-state index contributed by atoms with van der Waals surface area (Å²) in [6.07, 6.45) is 0.114. The maximum absolute atomic E-state index is 13.5. The third-order valence-electron chi connectivity index (χ3n) is 9.53. The molecule has 6 heterocycles. The maximum atomic E-state index is 13.5. The Hall–Kier alpha value is -5.48. The third kappa shape index (κ3) is 7.55.